The zero-order valence-electron chi connectivity index (χ0n) is 13.2. The Hall–Kier alpha value is -2.17. The van der Waals surface area contributed by atoms with Crippen LogP contribution in [-0.4, -0.2) is 16.7 Å². The van der Waals surface area contributed by atoms with Crippen molar-refractivity contribution in [3.8, 4) is 5.75 Å². The minimum absolute atomic E-state index is 0.628. The number of nitrogens with one attached hydrogen (secondary N) is 1. The summed E-state index contributed by atoms with van der Waals surface area (Å²) in [6.45, 7) is 1.30. The van der Waals surface area contributed by atoms with E-state index in [4.69, 9.17) is 27.9 Å². The molecule has 4 nitrogen and oxygen atoms in total. The number of halogens is 2. The number of imidazole rings is 1. The molecule has 0 saturated carbocycles. The van der Waals surface area contributed by atoms with E-state index in [1.54, 1.807) is 19.4 Å². The third-order valence-corrected chi connectivity index (χ3v) is 4.01. The van der Waals surface area contributed by atoms with Crippen molar-refractivity contribution in [3.05, 3.63) is 76.0 Å². The highest BCUT2D eigenvalue weighted by molar-refractivity contribution is 6.34. The third-order valence-electron chi connectivity index (χ3n) is 3.58. The first-order valence-corrected chi connectivity index (χ1v) is 8.22. The predicted molar refractivity (Wildman–Crippen MR) is 98.1 cm³/mol. The maximum atomic E-state index is 6.06. The fourth-order valence-corrected chi connectivity index (χ4v) is 3.04. The quantitative estimate of drug-likeness (QED) is 0.681. The van der Waals surface area contributed by atoms with Crippen LogP contribution in [0.15, 0.2) is 54.9 Å². The van der Waals surface area contributed by atoms with Gasteiger partial charge in [-0.3, -0.25) is 0 Å². The first-order chi connectivity index (χ1) is 11.6. The second kappa shape index (κ2) is 7.60. The van der Waals surface area contributed by atoms with Crippen LogP contribution in [-0.2, 0) is 13.1 Å². The van der Waals surface area contributed by atoms with Crippen LogP contribution < -0.4 is 10.1 Å². The van der Waals surface area contributed by atoms with Crippen LogP contribution in [0.1, 0.15) is 11.1 Å². The number of rotatable bonds is 6. The minimum Gasteiger partial charge on any atom is -0.497 e. The van der Waals surface area contributed by atoms with Crippen LogP contribution in [0.25, 0.3) is 0 Å². The predicted octanol–water partition coefficient (Wildman–Crippen LogP) is 4.86. The molecule has 3 rings (SSSR count). The lowest BCUT2D eigenvalue weighted by Crippen LogP contribution is -2.08. The van der Waals surface area contributed by atoms with E-state index >= 15 is 0 Å². The molecule has 0 saturated heterocycles. The van der Waals surface area contributed by atoms with Gasteiger partial charge in [0.2, 0.25) is 5.95 Å². The lowest BCUT2D eigenvalue weighted by Gasteiger charge is -2.11. The zero-order valence-corrected chi connectivity index (χ0v) is 14.7. The average molecular weight is 362 g/mol. The summed E-state index contributed by atoms with van der Waals surface area (Å²) in [7, 11) is 1.66. The summed E-state index contributed by atoms with van der Waals surface area (Å²) in [5.41, 5.74) is 2.14. The monoisotopic (exact) mass is 361 g/mol. The van der Waals surface area contributed by atoms with Gasteiger partial charge in [0.15, 0.2) is 0 Å². The molecule has 2 aromatic carbocycles. The highest BCUT2D eigenvalue weighted by atomic mass is 35.5. The van der Waals surface area contributed by atoms with Gasteiger partial charge in [-0.25, -0.2) is 4.98 Å². The maximum absolute atomic E-state index is 6.06. The third kappa shape index (κ3) is 4.22. The number of benzene rings is 2. The van der Waals surface area contributed by atoms with Crippen LogP contribution in [0.5, 0.6) is 5.75 Å². The number of hydrogen-bond acceptors (Lipinski definition) is 3. The molecular weight excluding hydrogens is 345 g/mol. The molecule has 0 amide bonds. The normalized spacial score (nSPS) is 10.6. The van der Waals surface area contributed by atoms with Crippen molar-refractivity contribution >= 4 is 29.2 Å². The van der Waals surface area contributed by atoms with Gasteiger partial charge in [0.1, 0.15) is 5.75 Å². The van der Waals surface area contributed by atoms with Crippen molar-refractivity contribution < 1.29 is 4.74 Å². The van der Waals surface area contributed by atoms with E-state index in [0.717, 1.165) is 22.8 Å². The molecule has 0 atom stereocenters. The molecule has 1 aromatic heterocycles. The molecule has 0 aliphatic carbocycles. The number of nitrogens with zero attached hydrogens (tertiary/aromatic N) is 2. The summed E-state index contributed by atoms with van der Waals surface area (Å²) in [6, 6.07) is 13.5. The fraction of sp³-hybridized carbons (Fsp3) is 0.167. The van der Waals surface area contributed by atoms with Crippen molar-refractivity contribution in [2.24, 2.45) is 0 Å². The Bertz CT molecular complexity index is 812. The molecule has 6 heteroatoms. The fourth-order valence-electron chi connectivity index (χ4n) is 2.47. The molecule has 3 aromatic rings. The van der Waals surface area contributed by atoms with E-state index in [0.29, 0.717) is 23.1 Å². The van der Waals surface area contributed by atoms with Gasteiger partial charge in [-0.05, 0) is 41.5 Å². The zero-order chi connectivity index (χ0) is 16.9. The molecule has 0 bridgehead atoms. The summed E-state index contributed by atoms with van der Waals surface area (Å²) in [4.78, 5) is 4.37. The standard InChI is InChI=1S/C18H17Cl2N3O/c1-24-17-4-2-3-13(9-17)11-22-18-21-5-6-23(18)12-14-7-15(19)10-16(20)8-14/h2-10H,11-12H2,1H3,(H,21,22). The Kier molecular flexibility index (Phi) is 5.28. The van der Waals surface area contributed by atoms with Crippen LogP contribution >= 0.6 is 23.2 Å². The second-order valence-electron chi connectivity index (χ2n) is 5.36. The Balaban J connectivity index is 1.70. The smallest absolute Gasteiger partial charge is 0.203 e. The average Bonchev–Trinajstić information content (AvgIpc) is 2.99. The molecule has 0 fully saturated rings. The van der Waals surface area contributed by atoms with Gasteiger partial charge < -0.3 is 14.6 Å². The van der Waals surface area contributed by atoms with Gasteiger partial charge >= 0.3 is 0 Å². The van der Waals surface area contributed by atoms with E-state index in [1.807, 2.05) is 47.2 Å². The van der Waals surface area contributed by atoms with Gasteiger partial charge in [-0.15, -0.1) is 0 Å². The van der Waals surface area contributed by atoms with E-state index in [9.17, 15) is 0 Å². The molecule has 0 unspecified atom stereocenters. The highest BCUT2D eigenvalue weighted by Gasteiger charge is 2.05. The molecular formula is C18H17Cl2N3O. The Morgan fingerprint density at radius 3 is 2.62 bits per heavy atom. The van der Waals surface area contributed by atoms with E-state index in [2.05, 4.69) is 10.3 Å². The summed E-state index contributed by atoms with van der Waals surface area (Å²) in [5.74, 6) is 1.63. The van der Waals surface area contributed by atoms with Crippen molar-refractivity contribution in [3.63, 3.8) is 0 Å². The van der Waals surface area contributed by atoms with Gasteiger partial charge in [-0.1, -0.05) is 35.3 Å². The molecule has 0 spiro atoms. The maximum Gasteiger partial charge on any atom is 0.203 e. The first-order valence-electron chi connectivity index (χ1n) is 7.47. The Morgan fingerprint density at radius 2 is 1.88 bits per heavy atom. The van der Waals surface area contributed by atoms with E-state index in [1.165, 1.54) is 0 Å². The summed E-state index contributed by atoms with van der Waals surface area (Å²) in [6.07, 6.45) is 3.68. The van der Waals surface area contributed by atoms with Gasteiger partial charge in [0, 0.05) is 29.0 Å². The summed E-state index contributed by atoms with van der Waals surface area (Å²) < 4.78 is 7.26. The molecule has 0 aliphatic heterocycles. The summed E-state index contributed by atoms with van der Waals surface area (Å²) >= 11 is 12.1. The lowest BCUT2D eigenvalue weighted by molar-refractivity contribution is 0.414. The van der Waals surface area contributed by atoms with Crippen LogP contribution in [0.4, 0.5) is 5.95 Å². The van der Waals surface area contributed by atoms with Crippen molar-refractivity contribution in [1.29, 1.82) is 0 Å². The van der Waals surface area contributed by atoms with Crippen LogP contribution in [0.2, 0.25) is 10.0 Å². The highest BCUT2D eigenvalue weighted by Crippen LogP contribution is 2.21. The minimum atomic E-state index is 0.628. The molecule has 0 radical (unpaired) electrons. The number of methoxy groups -OCH3 is 1. The lowest BCUT2D eigenvalue weighted by atomic mass is 10.2. The number of hydrogen-bond donors (Lipinski definition) is 1. The molecule has 124 valence electrons. The van der Waals surface area contributed by atoms with Crippen molar-refractivity contribution in [2.45, 2.75) is 13.1 Å². The Labute approximate surface area is 151 Å². The first kappa shape index (κ1) is 16.7. The number of ether oxygens (including phenoxy) is 1. The van der Waals surface area contributed by atoms with Gasteiger partial charge in [0.05, 0.1) is 13.7 Å². The Morgan fingerprint density at radius 1 is 1.08 bits per heavy atom. The van der Waals surface area contributed by atoms with Gasteiger partial charge in [-0.2, -0.15) is 0 Å². The van der Waals surface area contributed by atoms with Crippen molar-refractivity contribution in [1.82, 2.24) is 9.55 Å². The number of aromatic nitrogens is 2. The van der Waals surface area contributed by atoms with Crippen LogP contribution in [0.3, 0.4) is 0 Å². The number of anilines is 1. The molecule has 24 heavy (non-hydrogen) atoms. The van der Waals surface area contributed by atoms with Crippen molar-refractivity contribution in [2.75, 3.05) is 12.4 Å². The summed E-state index contributed by atoms with van der Waals surface area (Å²) in [5, 5.41) is 4.60. The largest absolute Gasteiger partial charge is 0.497 e. The van der Waals surface area contributed by atoms with Crippen LogP contribution in [0, 0.1) is 0 Å². The topological polar surface area (TPSA) is 39.1 Å². The van der Waals surface area contributed by atoms with E-state index < -0.39 is 0 Å². The van der Waals surface area contributed by atoms with Gasteiger partial charge in [0.25, 0.3) is 0 Å². The SMILES string of the molecule is COc1cccc(CNc2nccn2Cc2cc(Cl)cc(Cl)c2)c1. The molecule has 1 N–H and O–H groups in total. The van der Waals surface area contributed by atoms with E-state index in [-0.39, 0.29) is 0 Å². The molecule has 0 aliphatic rings. The second-order valence-corrected chi connectivity index (χ2v) is 6.23. The molecule has 1 heterocycles.